The van der Waals surface area contributed by atoms with E-state index in [1.165, 1.54) is 19.1 Å². The Bertz CT molecular complexity index is 605. The maximum Gasteiger partial charge on any atom is 0.211 e. The van der Waals surface area contributed by atoms with Crippen LogP contribution in [0, 0.1) is 6.92 Å². The number of piperidine rings is 2. The smallest absolute Gasteiger partial charge is 0.211 e. The van der Waals surface area contributed by atoms with Gasteiger partial charge in [0.05, 0.1) is 6.26 Å². The summed E-state index contributed by atoms with van der Waals surface area (Å²) in [6.45, 7) is 5.52. The maximum absolute atomic E-state index is 11.6. The van der Waals surface area contributed by atoms with Crippen molar-refractivity contribution < 1.29 is 8.42 Å². The van der Waals surface area contributed by atoms with Crippen molar-refractivity contribution in [1.29, 1.82) is 0 Å². The second-order valence-corrected chi connectivity index (χ2v) is 8.66. The molecule has 7 heteroatoms. The molecule has 2 fully saturated rings. The van der Waals surface area contributed by atoms with E-state index in [0.717, 1.165) is 37.4 Å². The topological polar surface area (TPSA) is 69.3 Å². The molecule has 22 heavy (non-hydrogen) atoms. The van der Waals surface area contributed by atoms with Gasteiger partial charge >= 0.3 is 0 Å². The van der Waals surface area contributed by atoms with Crippen LogP contribution >= 0.6 is 0 Å². The van der Waals surface area contributed by atoms with E-state index in [-0.39, 0.29) is 0 Å². The number of rotatable bonds is 3. The highest BCUT2D eigenvalue weighted by Gasteiger charge is 2.32. The molecule has 1 aromatic rings. The minimum Gasteiger partial charge on any atom is -0.346 e. The van der Waals surface area contributed by atoms with Crippen LogP contribution in [0.5, 0.6) is 0 Å². The highest BCUT2D eigenvalue weighted by Crippen LogP contribution is 2.29. The fourth-order valence-corrected chi connectivity index (χ4v) is 4.61. The number of imidazole rings is 1. The van der Waals surface area contributed by atoms with Gasteiger partial charge in [0.25, 0.3) is 0 Å². The molecule has 0 aliphatic carbocycles. The zero-order chi connectivity index (χ0) is 15.7. The molecule has 3 heterocycles. The number of H-pyrrole nitrogens is 1. The largest absolute Gasteiger partial charge is 0.346 e. The van der Waals surface area contributed by atoms with Crippen molar-refractivity contribution >= 4 is 10.0 Å². The molecule has 1 N–H and O–H groups in total. The number of sulfonamides is 1. The van der Waals surface area contributed by atoms with Crippen LogP contribution in [0.2, 0.25) is 0 Å². The molecule has 0 radical (unpaired) electrons. The van der Waals surface area contributed by atoms with Crippen molar-refractivity contribution in [1.82, 2.24) is 19.2 Å². The minimum absolute atomic E-state index is 0.482. The fraction of sp³-hybridized carbons (Fsp3) is 0.800. The average molecular weight is 326 g/mol. The molecule has 2 saturated heterocycles. The molecule has 3 rings (SSSR count). The number of aromatic amines is 1. The van der Waals surface area contributed by atoms with Gasteiger partial charge in [0, 0.05) is 43.5 Å². The van der Waals surface area contributed by atoms with Gasteiger partial charge in [-0.25, -0.2) is 17.7 Å². The summed E-state index contributed by atoms with van der Waals surface area (Å²) in [7, 11) is -3.03. The van der Waals surface area contributed by atoms with E-state index in [2.05, 4.69) is 14.9 Å². The summed E-state index contributed by atoms with van der Waals surface area (Å²) in [5, 5.41) is 0. The Labute approximate surface area is 133 Å². The second kappa shape index (κ2) is 6.29. The third kappa shape index (κ3) is 3.52. The first-order chi connectivity index (χ1) is 10.4. The predicted molar refractivity (Wildman–Crippen MR) is 86.3 cm³/mol. The monoisotopic (exact) mass is 326 g/mol. The van der Waals surface area contributed by atoms with Gasteiger partial charge in [-0.05, 0) is 39.2 Å². The summed E-state index contributed by atoms with van der Waals surface area (Å²) >= 11 is 0. The van der Waals surface area contributed by atoms with Gasteiger partial charge in [-0.3, -0.25) is 4.90 Å². The van der Waals surface area contributed by atoms with Crippen molar-refractivity contribution in [2.75, 3.05) is 32.4 Å². The van der Waals surface area contributed by atoms with E-state index < -0.39 is 10.0 Å². The van der Waals surface area contributed by atoms with E-state index in [9.17, 15) is 8.42 Å². The Hall–Kier alpha value is -0.920. The summed E-state index contributed by atoms with van der Waals surface area (Å²) < 4.78 is 24.8. The third-order valence-corrected chi connectivity index (χ3v) is 6.27. The Morgan fingerprint density at radius 3 is 2.55 bits per heavy atom. The van der Waals surface area contributed by atoms with Gasteiger partial charge in [-0.2, -0.15) is 0 Å². The highest BCUT2D eigenvalue weighted by atomic mass is 32.2. The van der Waals surface area contributed by atoms with Crippen LogP contribution in [0.4, 0.5) is 0 Å². The van der Waals surface area contributed by atoms with E-state index in [4.69, 9.17) is 0 Å². The third-order valence-electron chi connectivity index (χ3n) is 4.97. The summed E-state index contributed by atoms with van der Waals surface area (Å²) in [4.78, 5) is 10.4. The van der Waals surface area contributed by atoms with E-state index in [0.29, 0.717) is 25.0 Å². The van der Waals surface area contributed by atoms with E-state index in [1.54, 1.807) is 4.31 Å². The number of hydrogen-bond donors (Lipinski definition) is 1. The molecule has 0 aromatic carbocycles. The number of likely N-dealkylation sites (tertiary alicyclic amines) is 1. The summed E-state index contributed by atoms with van der Waals surface area (Å²) in [6, 6.07) is 0.511. The van der Waals surface area contributed by atoms with Crippen LogP contribution in [-0.2, 0) is 10.0 Å². The molecule has 1 aromatic heterocycles. The Balaban J connectivity index is 1.59. The Morgan fingerprint density at radius 2 is 1.95 bits per heavy atom. The van der Waals surface area contributed by atoms with Crippen molar-refractivity contribution in [2.24, 2.45) is 0 Å². The molecule has 0 saturated carbocycles. The molecular formula is C15H26N4O2S. The molecule has 0 amide bonds. The van der Waals surface area contributed by atoms with Crippen molar-refractivity contribution in [3.63, 3.8) is 0 Å². The first kappa shape index (κ1) is 16.0. The lowest BCUT2D eigenvalue weighted by atomic mass is 9.94. The Morgan fingerprint density at radius 1 is 1.23 bits per heavy atom. The molecule has 1 atom stereocenters. The van der Waals surface area contributed by atoms with Gasteiger partial charge < -0.3 is 4.98 Å². The van der Waals surface area contributed by atoms with Gasteiger partial charge in [0.15, 0.2) is 0 Å². The van der Waals surface area contributed by atoms with Crippen LogP contribution in [0.1, 0.15) is 43.1 Å². The lowest BCUT2D eigenvalue weighted by Gasteiger charge is -2.41. The lowest BCUT2D eigenvalue weighted by molar-refractivity contribution is 0.106. The van der Waals surface area contributed by atoms with Gasteiger partial charge in [-0.15, -0.1) is 0 Å². The molecule has 6 nitrogen and oxygen atoms in total. The quantitative estimate of drug-likeness (QED) is 0.909. The molecule has 0 unspecified atom stereocenters. The minimum atomic E-state index is -3.03. The SMILES string of the molecule is Cc1cnc([C@H]2CCCN(C3CCN(S(C)(=O)=O)CC3)C2)[nH]1. The van der Waals surface area contributed by atoms with E-state index in [1.807, 2.05) is 13.1 Å². The van der Waals surface area contributed by atoms with Gasteiger partial charge in [-0.1, -0.05) is 0 Å². The molecule has 2 aliphatic rings. The van der Waals surface area contributed by atoms with Crippen molar-refractivity contribution in [3.8, 4) is 0 Å². The fourth-order valence-electron chi connectivity index (χ4n) is 3.74. The summed E-state index contributed by atoms with van der Waals surface area (Å²) in [5.74, 6) is 1.59. The first-order valence-electron chi connectivity index (χ1n) is 8.14. The normalized spacial score (nSPS) is 26.4. The first-order valence-corrected chi connectivity index (χ1v) is 9.99. The van der Waals surface area contributed by atoms with Crippen molar-refractivity contribution in [2.45, 2.75) is 44.6 Å². The van der Waals surface area contributed by atoms with Crippen LogP contribution in [0.25, 0.3) is 0 Å². The summed E-state index contributed by atoms with van der Waals surface area (Å²) in [5.41, 5.74) is 1.12. The lowest BCUT2D eigenvalue weighted by Crippen LogP contribution is -2.49. The number of nitrogens with zero attached hydrogens (tertiary/aromatic N) is 3. The highest BCUT2D eigenvalue weighted by molar-refractivity contribution is 7.88. The van der Waals surface area contributed by atoms with E-state index >= 15 is 0 Å². The van der Waals surface area contributed by atoms with Crippen LogP contribution in [-0.4, -0.2) is 66.1 Å². The zero-order valence-electron chi connectivity index (χ0n) is 13.5. The zero-order valence-corrected chi connectivity index (χ0v) is 14.3. The Kier molecular flexibility index (Phi) is 4.56. The van der Waals surface area contributed by atoms with Gasteiger partial charge in [0.2, 0.25) is 10.0 Å². The molecule has 2 aliphatic heterocycles. The number of hydrogen-bond acceptors (Lipinski definition) is 4. The predicted octanol–water partition coefficient (Wildman–Crippen LogP) is 1.32. The molecule has 124 valence electrons. The average Bonchev–Trinajstić information content (AvgIpc) is 2.93. The molecular weight excluding hydrogens is 300 g/mol. The molecule has 0 bridgehead atoms. The summed E-state index contributed by atoms with van der Waals surface area (Å²) in [6.07, 6.45) is 7.47. The van der Waals surface area contributed by atoms with Gasteiger partial charge in [0.1, 0.15) is 5.82 Å². The second-order valence-electron chi connectivity index (χ2n) is 6.68. The van der Waals surface area contributed by atoms with Crippen LogP contribution in [0.3, 0.4) is 0 Å². The van der Waals surface area contributed by atoms with Crippen LogP contribution < -0.4 is 0 Å². The number of aryl methyl sites for hydroxylation is 1. The number of nitrogens with one attached hydrogen (secondary N) is 1. The number of aromatic nitrogens is 2. The van der Waals surface area contributed by atoms with Crippen LogP contribution in [0.15, 0.2) is 6.20 Å². The maximum atomic E-state index is 11.6. The molecule has 0 spiro atoms. The standard InChI is InChI=1S/C15H26N4O2S/c1-12-10-16-15(17-12)13-4-3-7-18(11-13)14-5-8-19(9-6-14)22(2,20)21/h10,13-14H,3-9,11H2,1-2H3,(H,16,17)/t13-/m0/s1. The van der Waals surface area contributed by atoms with Crippen molar-refractivity contribution in [3.05, 3.63) is 17.7 Å².